The van der Waals surface area contributed by atoms with Gasteiger partial charge in [-0.1, -0.05) is 0 Å². The van der Waals surface area contributed by atoms with Crippen molar-refractivity contribution in [1.29, 1.82) is 5.26 Å². The summed E-state index contributed by atoms with van der Waals surface area (Å²) in [5, 5.41) is 11.6. The van der Waals surface area contributed by atoms with E-state index in [9.17, 15) is 4.79 Å². The van der Waals surface area contributed by atoms with Crippen LogP contribution in [-0.2, 0) is 9.53 Å². The fraction of sp³-hybridized carbons (Fsp3) is 0.231. The quantitative estimate of drug-likeness (QED) is 0.489. The van der Waals surface area contributed by atoms with Gasteiger partial charge < -0.3 is 14.8 Å². The van der Waals surface area contributed by atoms with Crippen LogP contribution in [0, 0.1) is 11.3 Å². The summed E-state index contributed by atoms with van der Waals surface area (Å²) in [4.78, 5) is 11.1. The maximum Gasteiger partial charge on any atom is 0.350 e. The van der Waals surface area contributed by atoms with E-state index < -0.39 is 5.97 Å². The van der Waals surface area contributed by atoms with E-state index in [0.717, 1.165) is 11.4 Å². The van der Waals surface area contributed by atoms with Crippen LogP contribution in [0.5, 0.6) is 5.75 Å². The maximum atomic E-state index is 11.1. The number of carbonyl (C=O) groups excluding carboxylic acids is 1. The van der Waals surface area contributed by atoms with Crippen LogP contribution in [0.3, 0.4) is 0 Å². The minimum Gasteiger partial charge on any atom is -0.494 e. The second-order valence-corrected chi connectivity index (χ2v) is 3.26. The molecular formula is C13H14N2O3. The first-order valence-corrected chi connectivity index (χ1v) is 5.39. The Morgan fingerprint density at radius 3 is 2.61 bits per heavy atom. The minimum atomic E-state index is -0.670. The third-order valence-corrected chi connectivity index (χ3v) is 2.07. The average Bonchev–Trinajstić information content (AvgIpc) is 2.41. The molecule has 0 aromatic heterocycles. The molecule has 0 atom stereocenters. The molecule has 0 amide bonds. The number of nitrogens with one attached hydrogen (secondary N) is 1. The second kappa shape index (κ2) is 6.97. The van der Waals surface area contributed by atoms with E-state index in [1.165, 1.54) is 13.3 Å². The fourth-order valence-corrected chi connectivity index (χ4v) is 1.22. The predicted molar refractivity (Wildman–Crippen MR) is 66.9 cm³/mol. The van der Waals surface area contributed by atoms with Crippen LogP contribution in [-0.4, -0.2) is 19.7 Å². The molecule has 0 radical (unpaired) electrons. The van der Waals surface area contributed by atoms with E-state index in [-0.39, 0.29) is 5.57 Å². The number of carbonyl (C=O) groups is 1. The first-order valence-electron chi connectivity index (χ1n) is 5.39. The van der Waals surface area contributed by atoms with Crippen LogP contribution in [0.1, 0.15) is 6.92 Å². The third kappa shape index (κ3) is 3.83. The highest BCUT2D eigenvalue weighted by Crippen LogP contribution is 2.15. The fourth-order valence-electron chi connectivity index (χ4n) is 1.22. The predicted octanol–water partition coefficient (Wildman–Crippen LogP) is 2.08. The molecule has 1 N–H and O–H groups in total. The van der Waals surface area contributed by atoms with Crippen LogP contribution in [0.4, 0.5) is 5.69 Å². The lowest BCUT2D eigenvalue weighted by atomic mass is 10.3. The molecule has 0 saturated carbocycles. The highest BCUT2D eigenvalue weighted by atomic mass is 16.5. The highest BCUT2D eigenvalue weighted by molar-refractivity contribution is 5.92. The smallest absolute Gasteiger partial charge is 0.350 e. The van der Waals surface area contributed by atoms with Crippen LogP contribution < -0.4 is 10.1 Å². The van der Waals surface area contributed by atoms with Gasteiger partial charge in [0.2, 0.25) is 0 Å². The molecule has 0 aliphatic carbocycles. The monoisotopic (exact) mass is 246 g/mol. The Balaban J connectivity index is 2.70. The lowest BCUT2D eigenvalue weighted by Crippen LogP contribution is -2.05. The van der Waals surface area contributed by atoms with E-state index in [2.05, 4.69) is 10.1 Å². The molecule has 0 spiro atoms. The van der Waals surface area contributed by atoms with Gasteiger partial charge in [-0.25, -0.2) is 4.79 Å². The standard InChI is InChI=1S/C13H14N2O3/c1-3-18-12-6-4-11(5-7-12)15-9-10(8-14)13(16)17-2/h4-7,9,15H,3H2,1-2H3/b10-9-. The Morgan fingerprint density at radius 1 is 1.44 bits per heavy atom. The van der Waals surface area contributed by atoms with Crippen molar-refractivity contribution in [3.05, 3.63) is 36.0 Å². The number of ether oxygens (including phenoxy) is 2. The van der Waals surface area contributed by atoms with Gasteiger partial charge in [0, 0.05) is 11.9 Å². The summed E-state index contributed by atoms with van der Waals surface area (Å²) in [5.74, 6) is 0.0939. The Labute approximate surface area is 106 Å². The number of esters is 1. The Kier molecular flexibility index (Phi) is 5.26. The number of rotatable bonds is 5. The average molecular weight is 246 g/mol. The molecule has 0 aliphatic rings. The Bertz CT molecular complexity index is 472. The number of nitriles is 1. The number of hydrogen-bond acceptors (Lipinski definition) is 5. The molecule has 94 valence electrons. The van der Waals surface area contributed by atoms with Gasteiger partial charge in [0.1, 0.15) is 11.8 Å². The van der Waals surface area contributed by atoms with Crippen molar-refractivity contribution in [1.82, 2.24) is 0 Å². The van der Waals surface area contributed by atoms with Gasteiger partial charge in [-0.3, -0.25) is 0 Å². The van der Waals surface area contributed by atoms with Crippen molar-refractivity contribution in [2.45, 2.75) is 6.92 Å². The molecule has 0 fully saturated rings. The molecular weight excluding hydrogens is 232 g/mol. The van der Waals surface area contributed by atoms with Gasteiger partial charge in [0.25, 0.3) is 0 Å². The maximum absolute atomic E-state index is 11.1. The SMILES string of the molecule is CCOc1ccc(N/C=C(/C#N)C(=O)OC)cc1. The number of anilines is 1. The van der Waals surface area contributed by atoms with E-state index in [0.29, 0.717) is 6.61 Å². The highest BCUT2D eigenvalue weighted by Gasteiger charge is 2.07. The van der Waals surface area contributed by atoms with Crippen molar-refractivity contribution in [3.8, 4) is 11.8 Å². The van der Waals surface area contributed by atoms with Gasteiger partial charge >= 0.3 is 5.97 Å². The van der Waals surface area contributed by atoms with Gasteiger partial charge in [-0.2, -0.15) is 5.26 Å². The van der Waals surface area contributed by atoms with E-state index in [1.54, 1.807) is 30.3 Å². The molecule has 1 aromatic rings. The topological polar surface area (TPSA) is 71.3 Å². The first-order chi connectivity index (χ1) is 8.71. The molecule has 0 aliphatic heterocycles. The number of nitrogens with zero attached hydrogens (tertiary/aromatic N) is 1. The zero-order valence-corrected chi connectivity index (χ0v) is 10.3. The Morgan fingerprint density at radius 2 is 2.11 bits per heavy atom. The molecule has 5 heteroatoms. The zero-order chi connectivity index (χ0) is 13.4. The van der Waals surface area contributed by atoms with Crippen LogP contribution in [0.15, 0.2) is 36.0 Å². The Hall–Kier alpha value is -2.48. The largest absolute Gasteiger partial charge is 0.494 e. The summed E-state index contributed by atoms with van der Waals surface area (Å²) in [6.07, 6.45) is 1.31. The van der Waals surface area contributed by atoms with Gasteiger partial charge in [0.15, 0.2) is 5.57 Å². The van der Waals surface area contributed by atoms with Crippen LogP contribution in [0.25, 0.3) is 0 Å². The van der Waals surface area contributed by atoms with Crippen LogP contribution >= 0.6 is 0 Å². The van der Waals surface area contributed by atoms with Gasteiger partial charge in [-0.15, -0.1) is 0 Å². The zero-order valence-electron chi connectivity index (χ0n) is 10.3. The molecule has 0 bridgehead atoms. The normalized spacial score (nSPS) is 10.4. The summed E-state index contributed by atoms with van der Waals surface area (Å²) in [7, 11) is 1.23. The lowest BCUT2D eigenvalue weighted by molar-refractivity contribution is -0.135. The van der Waals surface area contributed by atoms with Crippen molar-refractivity contribution in [2.75, 3.05) is 19.0 Å². The van der Waals surface area contributed by atoms with Gasteiger partial charge in [0.05, 0.1) is 13.7 Å². The van der Waals surface area contributed by atoms with Crippen molar-refractivity contribution in [2.24, 2.45) is 0 Å². The van der Waals surface area contributed by atoms with Crippen molar-refractivity contribution >= 4 is 11.7 Å². The summed E-state index contributed by atoms with van der Waals surface area (Å²) in [6.45, 7) is 2.51. The molecule has 5 nitrogen and oxygen atoms in total. The third-order valence-electron chi connectivity index (χ3n) is 2.07. The lowest BCUT2D eigenvalue weighted by Gasteiger charge is -2.05. The summed E-state index contributed by atoms with van der Waals surface area (Å²) in [5.41, 5.74) is 0.654. The van der Waals surface area contributed by atoms with Crippen LogP contribution in [0.2, 0.25) is 0 Å². The molecule has 0 unspecified atom stereocenters. The summed E-state index contributed by atoms with van der Waals surface area (Å²) < 4.78 is 9.75. The molecule has 1 rings (SSSR count). The van der Waals surface area contributed by atoms with Crippen molar-refractivity contribution < 1.29 is 14.3 Å². The van der Waals surface area contributed by atoms with E-state index in [4.69, 9.17) is 10.00 Å². The van der Waals surface area contributed by atoms with E-state index in [1.807, 2.05) is 6.92 Å². The molecule has 0 saturated heterocycles. The summed E-state index contributed by atoms with van der Waals surface area (Å²) in [6, 6.07) is 8.92. The first kappa shape index (κ1) is 13.6. The second-order valence-electron chi connectivity index (χ2n) is 3.26. The summed E-state index contributed by atoms with van der Waals surface area (Å²) >= 11 is 0. The molecule has 1 aromatic carbocycles. The van der Waals surface area contributed by atoms with Crippen molar-refractivity contribution in [3.63, 3.8) is 0 Å². The van der Waals surface area contributed by atoms with E-state index >= 15 is 0 Å². The minimum absolute atomic E-state index is 0.0913. The molecule has 18 heavy (non-hydrogen) atoms. The number of methoxy groups -OCH3 is 1. The van der Waals surface area contributed by atoms with Gasteiger partial charge in [-0.05, 0) is 31.2 Å². The number of benzene rings is 1. The molecule has 0 heterocycles. The number of hydrogen-bond donors (Lipinski definition) is 1.